The van der Waals surface area contributed by atoms with Crippen molar-refractivity contribution in [3.05, 3.63) is 109 Å². The second-order valence-electron chi connectivity index (χ2n) is 7.96. The van der Waals surface area contributed by atoms with Crippen molar-refractivity contribution in [1.29, 1.82) is 0 Å². The highest BCUT2D eigenvalue weighted by molar-refractivity contribution is 7.88. The second kappa shape index (κ2) is 9.75. The van der Waals surface area contributed by atoms with E-state index in [4.69, 9.17) is 8.92 Å². The summed E-state index contributed by atoms with van der Waals surface area (Å²) in [6.07, 6.45) is 6.66. The van der Waals surface area contributed by atoms with E-state index in [0.717, 1.165) is 0 Å². The van der Waals surface area contributed by atoms with Crippen LogP contribution in [0.25, 0.3) is 0 Å². The molecule has 3 aromatic carbocycles. The Hall–Kier alpha value is -2.92. The molecule has 0 spiro atoms. The Balaban J connectivity index is 1.94. The quantitative estimate of drug-likeness (QED) is 0.340. The van der Waals surface area contributed by atoms with Crippen LogP contribution in [0.5, 0.6) is 5.75 Å². The van der Waals surface area contributed by atoms with Crippen molar-refractivity contribution in [1.82, 2.24) is 0 Å². The summed E-state index contributed by atoms with van der Waals surface area (Å²) in [4.78, 5) is -1.80. The predicted molar refractivity (Wildman–Crippen MR) is 137 cm³/mol. The monoisotopic (exact) mass is 494 g/mol. The van der Waals surface area contributed by atoms with Crippen LogP contribution < -0.4 is 20.7 Å². The average Bonchev–Trinajstić information content (AvgIpc) is 2.86. The van der Waals surface area contributed by atoms with Gasteiger partial charge in [-0.3, -0.25) is 4.18 Å². The van der Waals surface area contributed by atoms with Gasteiger partial charge in [-0.05, 0) is 25.1 Å². The fraction of sp³-hybridized carbons (Fsp3) is 0.185. The van der Waals surface area contributed by atoms with Crippen molar-refractivity contribution in [3.8, 4) is 5.75 Å². The molecule has 0 heterocycles. The Bertz CT molecular complexity index is 1310. The topological polar surface area (TPSA) is 69.7 Å². The van der Waals surface area contributed by atoms with Crippen LogP contribution in [0.15, 0.2) is 109 Å². The molecule has 2 atom stereocenters. The lowest BCUT2D eigenvalue weighted by Gasteiger charge is -2.36. The standard InChI is InChI=1S/C27H27O5PS/c1-3-31-34(29,30)27(21-13-12-14-22(27)2)32-25-19-10-11-20-26(25)33(28,23-15-6-4-7-16-23)24-17-8-5-9-18-24/h4-22H,3H2,1-2H3. The van der Waals surface area contributed by atoms with Gasteiger partial charge in [0.2, 0.25) is 0 Å². The molecule has 0 amide bonds. The summed E-state index contributed by atoms with van der Waals surface area (Å²) >= 11 is 0. The summed E-state index contributed by atoms with van der Waals surface area (Å²) in [6.45, 7) is 3.35. The molecule has 7 heteroatoms. The molecule has 0 aromatic heterocycles. The summed E-state index contributed by atoms with van der Waals surface area (Å²) in [5.41, 5.74) is 0. The smallest absolute Gasteiger partial charge is 0.313 e. The molecular weight excluding hydrogens is 467 g/mol. The lowest BCUT2D eigenvalue weighted by Crippen LogP contribution is -2.50. The van der Waals surface area contributed by atoms with Gasteiger partial charge in [-0.1, -0.05) is 97.9 Å². The van der Waals surface area contributed by atoms with Crippen LogP contribution in [0.1, 0.15) is 13.8 Å². The van der Waals surface area contributed by atoms with Crippen LogP contribution in [-0.2, 0) is 18.9 Å². The number of rotatable bonds is 8. The molecule has 0 radical (unpaired) electrons. The predicted octanol–water partition coefficient (Wildman–Crippen LogP) is 4.53. The van der Waals surface area contributed by atoms with Crippen LogP contribution >= 0.6 is 7.14 Å². The Morgan fingerprint density at radius 2 is 1.41 bits per heavy atom. The van der Waals surface area contributed by atoms with Gasteiger partial charge >= 0.3 is 10.1 Å². The largest absolute Gasteiger partial charge is 0.464 e. The molecule has 0 fully saturated rings. The van der Waals surface area contributed by atoms with Crippen molar-refractivity contribution in [3.63, 3.8) is 0 Å². The fourth-order valence-corrected chi connectivity index (χ4v) is 8.35. The third-order valence-electron chi connectivity index (χ3n) is 5.85. The van der Waals surface area contributed by atoms with E-state index < -0.39 is 28.1 Å². The van der Waals surface area contributed by atoms with Crippen LogP contribution in [0.4, 0.5) is 0 Å². The van der Waals surface area contributed by atoms with Gasteiger partial charge in [-0.2, -0.15) is 8.42 Å². The lowest BCUT2D eigenvalue weighted by atomic mass is 9.99. The van der Waals surface area contributed by atoms with Gasteiger partial charge in [0.25, 0.3) is 4.93 Å². The molecule has 0 N–H and O–H groups in total. The molecular formula is C27H27O5PS. The van der Waals surface area contributed by atoms with Crippen molar-refractivity contribution >= 4 is 33.2 Å². The van der Waals surface area contributed by atoms with Gasteiger partial charge in [-0.15, -0.1) is 0 Å². The Morgan fingerprint density at radius 1 is 0.853 bits per heavy atom. The minimum Gasteiger partial charge on any atom is -0.464 e. The number of hydrogen-bond acceptors (Lipinski definition) is 5. The minimum atomic E-state index is -4.18. The molecule has 4 rings (SSSR count). The van der Waals surface area contributed by atoms with E-state index >= 15 is 0 Å². The molecule has 3 aromatic rings. The maximum atomic E-state index is 14.9. The summed E-state index contributed by atoms with van der Waals surface area (Å²) in [5, 5.41) is 1.69. The van der Waals surface area contributed by atoms with Crippen molar-refractivity contribution in [2.75, 3.05) is 6.61 Å². The van der Waals surface area contributed by atoms with Gasteiger partial charge < -0.3 is 9.30 Å². The lowest BCUT2D eigenvalue weighted by molar-refractivity contribution is 0.141. The van der Waals surface area contributed by atoms with E-state index in [2.05, 4.69) is 0 Å². The van der Waals surface area contributed by atoms with Crippen LogP contribution in [0.2, 0.25) is 0 Å². The Kier molecular flexibility index (Phi) is 6.94. The van der Waals surface area contributed by atoms with E-state index in [-0.39, 0.29) is 12.4 Å². The highest BCUT2D eigenvalue weighted by Crippen LogP contribution is 2.46. The van der Waals surface area contributed by atoms with Crippen molar-refractivity contribution in [2.45, 2.75) is 18.8 Å². The average molecular weight is 495 g/mol. The first-order valence-corrected chi connectivity index (χ1v) is 14.2. The Labute approximate surface area is 201 Å². The summed E-state index contributed by atoms with van der Waals surface area (Å²) in [5.74, 6) is -0.316. The fourth-order valence-electron chi connectivity index (χ4n) is 4.12. The van der Waals surface area contributed by atoms with Gasteiger partial charge in [0.15, 0.2) is 7.14 Å². The highest BCUT2D eigenvalue weighted by atomic mass is 32.2. The SMILES string of the molecule is CCOS(=O)(=O)C1(Oc2ccccc2P(=O)(c2ccccc2)c2ccccc2)C=CC=CC1C. The molecule has 176 valence electrons. The summed E-state index contributed by atoms with van der Waals surface area (Å²) < 4.78 is 53.2. The summed E-state index contributed by atoms with van der Waals surface area (Å²) in [6, 6.07) is 25.3. The molecule has 5 nitrogen and oxygen atoms in total. The first-order valence-electron chi connectivity index (χ1n) is 11.1. The molecule has 0 bridgehead atoms. The zero-order valence-corrected chi connectivity index (χ0v) is 20.8. The molecule has 1 aliphatic rings. The zero-order chi connectivity index (χ0) is 24.2. The first-order chi connectivity index (χ1) is 16.3. The molecule has 1 aliphatic carbocycles. The van der Waals surface area contributed by atoms with E-state index in [1.807, 2.05) is 60.7 Å². The van der Waals surface area contributed by atoms with Gasteiger partial charge in [-0.25, -0.2) is 0 Å². The maximum Gasteiger partial charge on any atom is 0.313 e. The van der Waals surface area contributed by atoms with Gasteiger partial charge in [0.05, 0.1) is 11.9 Å². The number of benzene rings is 3. The molecule has 0 aliphatic heterocycles. The van der Waals surface area contributed by atoms with E-state index in [1.165, 1.54) is 6.08 Å². The highest BCUT2D eigenvalue weighted by Gasteiger charge is 2.51. The maximum absolute atomic E-state index is 14.9. The molecule has 0 saturated carbocycles. The minimum absolute atomic E-state index is 0.0219. The molecule has 0 saturated heterocycles. The van der Waals surface area contributed by atoms with Crippen molar-refractivity contribution in [2.24, 2.45) is 5.92 Å². The number of para-hydroxylation sites is 1. The third-order valence-corrected chi connectivity index (χ3v) is 10.9. The normalized spacial score (nSPS) is 20.2. The number of ether oxygens (including phenoxy) is 1. The van der Waals surface area contributed by atoms with Gasteiger partial charge in [0.1, 0.15) is 5.75 Å². The Morgan fingerprint density at radius 3 is 1.97 bits per heavy atom. The van der Waals surface area contributed by atoms with E-state index in [1.54, 1.807) is 56.3 Å². The van der Waals surface area contributed by atoms with E-state index in [9.17, 15) is 13.0 Å². The molecule has 2 unspecified atom stereocenters. The number of allylic oxidation sites excluding steroid dienone is 2. The first kappa shape index (κ1) is 24.2. The summed E-state index contributed by atoms with van der Waals surface area (Å²) in [7, 11) is -7.59. The molecule has 34 heavy (non-hydrogen) atoms. The number of hydrogen-bond donors (Lipinski definition) is 0. The zero-order valence-electron chi connectivity index (χ0n) is 19.1. The van der Waals surface area contributed by atoms with E-state index in [0.29, 0.717) is 15.9 Å². The van der Waals surface area contributed by atoms with Crippen LogP contribution in [0, 0.1) is 5.92 Å². The van der Waals surface area contributed by atoms with Gasteiger partial charge in [0, 0.05) is 16.5 Å². The third kappa shape index (κ3) is 4.18. The van der Waals surface area contributed by atoms with Crippen LogP contribution in [0.3, 0.4) is 0 Å². The van der Waals surface area contributed by atoms with Crippen LogP contribution in [-0.4, -0.2) is 20.0 Å². The van der Waals surface area contributed by atoms with Crippen molar-refractivity contribution < 1.29 is 21.9 Å². The second-order valence-corrected chi connectivity index (χ2v) is 12.5.